The van der Waals surface area contributed by atoms with Gasteiger partial charge in [0.25, 0.3) is 0 Å². The van der Waals surface area contributed by atoms with Crippen LogP contribution in [-0.2, 0) is 27.3 Å². The van der Waals surface area contributed by atoms with E-state index in [1.807, 2.05) is 42.5 Å². The molecular formula is C30H30ClN5O4S. The molecule has 0 aliphatic carbocycles. The quantitative estimate of drug-likeness (QED) is 0.181. The first-order valence-corrected chi connectivity index (χ1v) is 14.3. The van der Waals surface area contributed by atoms with Crippen LogP contribution in [0.25, 0.3) is 20.3 Å². The fraction of sp³-hybridized carbons (Fsp3) is 0.267. The normalized spacial score (nSPS) is 11.2. The highest BCUT2D eigenvalue weighted by Crippen LogP contribution is 2.38. The van der Waals surface area contributed by atoms with Gasteiger partial charge in [0.2, 0.25) is 5.91 Å². The van der Waals surface area contributed by atoms with Gasteiger partial charge < -0.3 is 24.4 Å². The number of nitrogens with one attached hydrogen (secondary N) is 1. The molecule has 11 heteroatoms. The van der Waals surface area contributed by atoms with Gasteiger partial charge in [-0.1, -0.05) is 29.8 Å². The number of pyridine rings is 1. The molecule has 2 aromatic carbocycles. The summed E-state index contributed by atoms with van der Waals surface area (Å²) in [6.45, 7) is 2.33. The Hall–Kier alpha value is -3.83. The summed E-state index contributed by atoms with van der Waals surface area (Å²) in [7, 11) is 3.26. The van der Waals surface area contributed by atoms with Gasteiger partial charge >= 0.3 is 0 Å². The molecule has 0 saturated carbocycles. The summed E-state index contributed by atoms with van der Waals surface area (Å²) in [6.07, 6.45) is 3.56. The van der Waals surface area contributed by atoms with Gasteiger partial charge in [-0.15, -0.1) is 11.3 Å². The number of carbonyl (C=O) groups excluding carboxylic acids is 1. The van der Waals surface area contributed by atoms with Gasteiger partial charge in [0.1, 0.15) is 29.3 Å². The van der Waals surface area contributed by atoms with E-state index in [9.17, 15) is 4.79 Å². The fourth-order valence-corrected chi connectivity index (χ4v) is 5.72. The maximum absolute atomic E-state index is 13.0. The molecule has 5 aromatic rings. The predicted octanol–water partition coefficient (Wildman–Crippen LogP) is 5.88. The van der Waals surface area contributed by atoms with E-state index in [1.165, 1.54) is 0 Å². The number of ether oxygens (including phenoxy) is 3. The number of amides is 1. The lowest BCUT2D eigenvalue weighted by Gasteiger charge is -2.22. The predicted molar refractivity (Wildman–Crippen MR) is 162 cm³/mol. The van der Waals surface area contributed by atoms with Crippen molar-refractivity contribution >= 4 is 60.7 Å². The SMILES string of the molecule is COCCN(CCOC)C(=O)Cc1ccc2c(c1)sc1ncnc(Nc3ccc(OCc4ccccn4)c(Cl)c3)c12. The number of benzene rings is 2. The van der Waals surface area contributed by atoms with Gasteiger partial charge in [-0.3, -0.25) is 9.78 Å². The molecule has 0 spiro atoms. The second-order valence-electron chi connectivity index (χ2n) is 9.26. The van der Waals surface area contributed by atoms with E-state index in [0.717, 1.165) is 37.2 Å². The molecule has 1 amide bonds. The Kier molecular flexibility index (Phi) is 9.58. The van der Waals surface area contributed by atoms with Crippen molar-refractivity contribution < 1.29 is 19.0 Å². The van der Waals surface area contributed by atoms with E-state index in [-0.39, 0.29) is 5.91 Å². The van der Waals surface area contributed by atoms with Gasteiger partial charge in [0.05, 0.1) is 35.7 Å². The monoisotopic (exact) mass is 591 g/mol. The lowest BCUT2D eigenvalue weighted by molar-refractivity contribution is -0.131. The van der Waals surface area contributed by atoms with E-state index < -0.39 is 0 Å². The van der Waals surface area contributed by atoms with Crippen molar-refractivity contribution in [3.63, 3.8) is 0 Å². The van der Waals surface area contributed by atoms with Gasteiger partial charge in [0, 0.05) is 49.3 Å². The standard InChI is InChI=1S/C30H30ClN5O4S/c1-38-13-11-36(12-14-39-2)27(37)16-20-6-8-23-26(15-20)41-30-28(23)29(33-19-34-30)35-21-7-9-25(24(31)17-21)40-18-22-5-3-4-10-32-22/h3-10,15,17,19H,11-14,16,18H2,1-2H3,(H,33,34,35). The summed E-state index contributed by atoms with van der Waals surface area (Å²) in [6, 6.07) is 17.3. The molecule has 0 fully saturated rings. The third kappa shape index (κ3) is 7.09. The van der Waals surface area contributed by atoms with Crippen molar-refractivity contribution in [2.75, 3.05) is 45.8 Å². The number of rotatable bonds is 13. The molecular weight excluding hydrogens is 562 g/mol. The lowest BCUT2D eigenvalue weighted by atomic mass is 10.1. The molecule has 0 unspecified atom stereocenters. The smallest absolute Gasteiger partial charge is 0.227 e. The van der Waals surface area contributed by atoms with Crippen LogP contribution in [0.2, 0.25) is 5.02 Å². The Morgan fingerprint density at radius 1 is 1.00 bits per heavy atom. The first-order chi connectivity index (χ1) is 20.1. The molecule has 0 bridgehead atoms. The van der Waals surface area contributed by atoms with Crippen LogP contribution in [-0.4, -0.2) is 66.3 Å². The molecule has 0 saturated heterocycles. The molecule has 3 aromatic heterocycles. The summed E-state index contributed by atoms with van der Waals surface area (Å²) in [4.78, 5) is 28.9. The topological polar surface area (TPSA) is 98.7 Å². The number of fused-ring (bicyclic) bond motifs is 3. The molecule has 41 heavy (non-hydrogen) atoms. The average molecular weight is 592 g/mol. The van der Waals surface area contributed by atoms with Crippen molar-refractivity contribution in [1.82, 2.24) is 19.9 Å². The number of halogens is 1. The Balaban J connectivity index is 1.33. The Morgan fingerprint density at radius 2 is 1.83 bits per heavy atom. The number of nitrogens with zero attached hydrogens (tertiary/aromatic N) is 4. The van der Waals surface area contributed by atoms with Crippen LogP contribution in [0.15, 0.2) is 67.1 Å². The number of thiophene rings is 1. The fourth-order valence-electron chi connectivity index (χ4n) is 4.37. The molecule has 0 aliphatic heterocycles. The largest absolute Gasteiger partial charge is 0.486 e. The minimum absolute atomic E-state index is 0.0334. The highest BCUT2D eigenvalue weighted by Gasteiger charge is 2.17. The number of aromatic nitrogens is 3. The zero-order valence-corrected chi connectivity index (χ0v) is 24.4. The zero-order chi connectivity index (χ0) is 28.6. The van der Waals surface area contributed by atoms with Crippen LogP contribution in [0.1, 0.15) is 11.3 Å². The summed E-state index contributed by atoms with van der Waals surface area (Å²) < 4.78 is 17.2. The van der Waals surface area contributed by atoms with Crippen molar-refractivity contribution in [2.24, 2.45) is 0 Å². The second-order valence-corrected chi connectivity index (χ2v) is 10.7. The van der Waals surface area contributed by atoms with Crippen LogP contribution in [0.3, 0.4) is 0 Å². The third-order valence-corrected chi connectivity index (χ3v) is 7.83. The molecule has 1 N–H and O–H groups in total. The molecule has 0 aliphatic rings. The first kappa shape index (κ1) is 28.7. The van der Waals surface area contributed by atoms with Crippen molar-refractivity contribution in [3.05, 3.63) is 83.4 Å². The van der Waals surface area contributed by atoms with Crippen LogP contribution in [0.4, 0.5) is 11.5 Å². The van der Waals surface area contributed by atoms with Crippen molar-refractivity contribution in [1.29, 1.82) is 0 Å². The van der Waals surface area contributed by atoms with Crippen LogP contribution in [0.5, 0.6) is 5.75 Å². The van der Waals surface area contributed by atoms with Crippen LogP contribution < -0.4 is 10.1 Å². The minimum Gasteiger partial charge on any atom is -0.486 e. The van der Waals surface area contributed by atoms with E-state index >= 15 is 0 Å². The molecule has 212 valence electrons. The van der Waals surface area contributed by atoms with Crippen LogP contribution >= 0.6 is 22.9 Å². The molecule has 3 heterocycles. The Bertz CT molecular complexity index is 1620. The van der Waals surface area contributed by atoms with Gasteiger partial charge in [-0.05, 0) is 42.0 Å². The molecule has 5 rings (SSSR count). The average Bonchev–Trinajstić information content (AvgIpc) is 3.36. The van der Waals surface area contributed by atoms with Crippen LogP contribution in [0, 0.1) is 0 Å². The Morgan fingerprint density at radius 3 is 2.56 bits per heavy atom. The summed E-state index contributed by atoms with van der Waals surface area (Å²) in [5.41, 5.74) is 2.53. The number of hydrogen-bond acceptors (Lipinski definition) is 9. The molecule has 9 nitrogen and oxygen atoms in total. The van der Waals surface area contributed by atoms with Gasteiger partial charge in [-0.25, -0.2) is 9.97 Å². The number of carbonyl (C=O) groups is 1. The van der Waals surface area contributed by atoms with E-state index in [4.69, 9.17) is 25.8 Å². The summed E-state index contributed by atoms with van der Waals surface area (Å²) in [5.74, 6) is 1.28. The number of hydrogen-bond donors (Lipinski definition) is 1. The third-order valence-electron chi connectivity index (χ3n) is 6.47. The maximum atomic E-state index is 13.0. The van der Waals surface area contributed by atoms with Crippen molar-refractivity contribution in [3.8, 4) is 5.75 Å². The summed E-state index contributed by atoms with van der Waals surface area (Å²) >= 11 is 8.10. The van der Waals surface area contributed by atoms with Crippen molar-refractivity contribution in [2.45, 2.75) is 13.0 Å². The Labute approximate surface area is 247 Å². The molecule has 0 atom stereocenters. The van der Waals surface area contributed by atoms with Gasteiger partial charge in [-0.2, -0.15) is 0 Å². The van der Waals surface area contributed by atoms with Gasteiger partial charge in [0.15, 0.2) is 0 Å². The highest BCUT2D eigenvalue weighted by molar-refractivity contribution is 7.25. The first-order valence-electron chi connectivity index (χ1n) is 13.1. The minimum atomic E-state index is 0.0334. The summed E-state index contributed by atoms with van der Waals surface area (Å²) in [5, 5.41) is 5.79. The maximum Gasteiger partial charge on any atom is 0.227 e. The number of methoxy groups -OCH3 is 2. The number of anilines is 2. The van der Waals surface area contributed by atoms with E-state index in [2.05, 4.69) is 26.3 Å². The van der Waals surface area contributed by atoms with E-state index in [1.54, 1.807) is 49.0 Å². The van der Waals surface area contributed by atoms with E-state index in [0.29, 0.717) is 55.9 Å². The zero-order valence-electron chi connectivity index (χ0n) is 22.8. The second kappa shape index (κ2) is 13.7. The lowest BCUT2D eigenvalue weighted by Crippen LogP contribution is -2.37. The highest BCUT2D eigenvalue weighted by atomic mass is 35.5. The molecule has 0 radical (unpaired) electrons.